The molecule has 0 aromatic rings. The Balaban J connectivity index is 3.49. The van der Waals surface area contributed by atoms with Crippen LogP contribution >= 0.6 is 31.0 Å². The van der Waals surface area contributed by atoms with Crippen LogP contribution in [0.1, 0.15) is 12.8 Å². The Morgan fingerprint density at radius 2 is 1.46 bits per heavy atom. The van der Waals surface area contributed by atoms with Gasteiger partial charge in [-0.1, -0.05) is 0 Å². The summed E-state index contributed by atoms with van der Waals surface area (Å²) < 4.78 is 20.1. The zero-order valence-electron chi connectivity index (χ0n) is 7.12. The standard InChI is InChI=1S/C6H13Cl2O4P/c7-3-1-5-11-13(9,10)12-6-2-4-8/h1-6H2,(H,9,10). The summed E-state index contributed by atoms with van der Waals surface area (Å²) in [6.07, 6.45) is 1.04. The molecule has 0 fully saturated rings. The number of rotatable bonds is 8. The summed E-state index contributed by atoms with van der Waals surface area (Å²) >= 11 is 10.7. The molecular formula is C6H13Cl2O4P. The SMILES string of the molecule is O=P(O)(OCCCCl)OCCCCl. The van der Waals surface area contributed by atoms with E-state index in [9.17, 15) is 4.57 Å². The highest BCUT2D eigenvalue weighted by Crippen LogP contribution is 2.43. The molecule has 80 valence electrons. The zero-order chi connectivity index (χ0) is 10.2. The molecule has 0 heterocycles. The molecule has 0 unspecified atom stereocenters. The van der Waals surface area contributed by atoms with E-state index in [-0.39, 0.29) is 13.2 Å². The number of hydrogen-bond acceptors (Lipinski definition) is 3. The number of phosphoric ester groups is 1. The number of hydrogen-bond donors (Lipinski definition) is 1. The Hall–Kier alpha value is 0.690. The molecule has 0 rings (SSSR count). The third kappa shape index (κ3) is 9.01. The quantitative estimate of drug-likeness (QED) is 0.408. The minimum Gasteiger partial charge on any atom is -0.302 e. The van der Waals surface area contributed by atoms with E-state index in [1.165, 1.54) is 0 Å². The van der Waals surface area contributed by atoms with Crippen molar-refractivity contribution >= 4 is 31.0 Å². The van der Waals surface area contributed by atoms with Crippen LogP contribution in [0.3, 0.4) is 0 Å². The van der Waals surface area contributed by atoms with Crippen molar-refractivity contribution < 1.29 is 18.5 Å². The van der Waals surface area contributed by atoms with Gasteiger partial charge in [0, 0.05) is 11.8 Å². The molecule has 7 heteroatoms. The fourth-order valence-electron chi connectivity index (χ4n) is 0.506. The van der Waals surface area contributed by atoms with Crippen molar-refractivity contribution in [1.29, 1.82) is 0 Å². The molecule has 4 nitrogen and oxygen atoms in total. The van der Waals surface area contributed by atoms with E-state index in [4.69, 9.17) is 28.1 Å². The van der Waals surface area contributed by atoms with Crippen LogP contribution in [0.4, 0.5) is 0 Å². The van der Waals surface area contributed by atoms with Crippen LogP contribution in [0.2, 0.25) is 0 Å². The fourth-order valence-corrected chi connectivity index (χ4v) is 1.52. The molecule has 0 amide bonds. The largest absolute Gasteiger partial charge is 0.472 e. The third-order valence-corrected chi connectivity index (χ3v) is 2.62. The van der Waals surface area contributed by atoms with E-state index < -0.39 is 7.82 Å². The molecular weight excluding hydrogens is 238 g/mol. The first kappa shape index (κ1) is 13.7. The van der Waals surface area contributed by atoms with Crippen molar-refractivity contribution in [2.24, 2.45) is 0 Å². The lowest BCUT2D eigenvalue weighted by atomic mass is 10.5. The maximum Gasteiger partial charge on any atom is 0.472 e. The first-order chi connectivity index (χ1) is 6.12. The van der Waals surface area contributed by atoms with Crippen molar-refractivity contribution in [2.75, 3.05) is 25.0 Å². The van der Waals surface area contributed by atoms with E-state index in [1.807, 2.05) is 0 Å². The molecule has 0 saturated carbocycles. The summed E-state index contributed by atoms with van der Waals surface area (Å²) in [7, 11) is -3.87. The van der Waals surface area contributed by atoms with Crippen LogP contribution in [0.25, 0.3) is 0 Å². The normalized spacial score (nSPS) is 11.9. The van der Waals surface area contributed by atoms with Crippen molar-refractivity contribution in [3.8, 4) is 0 Å². The topological polar surface area (TPSA) is 55.8 Å². The minimum atomic E-state index is -3.87. The maximum atomic E-state index is 11.0. The lowest BCUT2D eigenvalue weighted by Crippen LogP contribution is -1.99. The third-order valence-electron chi connectivity index (χ3n) is 1.06. The molecule has 0 radical (unpaired) electrons. The molecule has 0 aliphatic heterocycles. The second kappa shape index (κ2) is 8.04. The Labute approximate surface area is 87.7 Å². The summed E-state index contributed by atoms with van der Waals surface area (Å²) in [4.78, 5) is 8.99. The van der Waals surface area contributed by atoms with Gasteiger partial charge in [0.1, 0.15) is 0 Å². The Morgan fingerprint density at radius 3 is 1.77 bits per heavy atom. The number of halogens is 2. The molecule has 1 N–H and O–H groups in total. The van der Waals surface area contributed by atoms with E-state index in [0.717, 1.165) is 0 Å². The summed E-state index contributed by atoms with van der Waals surface area (Å²) in [5.74, 6) is 0.781. The molecule has 0 atom stereocenters. The number of phosphoric acid groups is 1. The van der Waals surface area contributed by atoms with Gasteiger partial charge in [-0.05, 0) is 12.8 Å². The van der Waals surface area contributed by atoms with Gasteiger partial charge in [-0.2, -0.15) is 0 Å². The zero-order valence-corrected chi connectivity index (χ0v) is 9.52. The first-order valence-corrected chi connectivity index (χ1v) is 6.42. The predicted octanol–water partition coefficient (Wildman–Crippen LogP) is 2.38. The smallest absolute Gasteiger partial charge is 0.302 e. The summed E-state index contributed by atoms with van der Waals surface area (Å²) in [5.41, 5.74) is 0. The van der Waals surface area contributed by atoms with Crippen LogP contribution in [-0.4, -0.2) is 29.9 Å². The van der Waals surface area contributed by atoms with Gasteiger partial charge >= 0.3 is 7.82 Å². The molecule has 0 aliphatic carbocycles. The maximum absolute atomic E-state index is 11.0. The van der Waals surface area contributed by atoms with Crippen LogP contribution < -0.4 is 0 Å². The lowest BCUT2D eigenvalue weighted by Gasteiger charge is -2.10. The van der Waals surface area contributed by atoms with Gasteiger partial charge in [0.2, 0.25) is 0 Å². The Morgan fingerprint density at radius 1 is 1.08 bits per heavy atom. The molecule has 13 heavy (non-hydrogen) atoms. The van der Waals surface area contributed by atoms with Crippen molar-refractivity contribution in [3.05, 3.63) is 0 Å². The Kier molecular flexibility index (Phi) is 8.46. The van der Waals surface area contributed by atoms with Gasteiger partial charge in [-0.15, -0.1) is 23.2 Å². The Bertz CT molecular complexity index is 153. The molecule has 0 bridgehead atoms. The van der Waals surface area contributed by atoms with E-state index in [1.54, 1.807) is 0 Å². The van der Waals surface area contributed by atoms with Crippen LogP contribution in [0, 0.1) is 0 Å². The van der Waals surface area contributed by atoms with Gasteiger partial charge in [-0.3, -0.25) is 9.05 Å². The fraction of sp³-hybridized carbons (Fsp3) is 1.00. The van der Waals surface area contributed by atoms with E-state index in [0.29, 0.717) is 24.6 Å². The van der Waals surface area contributed by atoms with E-state index >= 15 is 0 Å². The van der Waals surface area contributed by atoms with Gasteiger partial charge in [-0.25, -0.2) is 4.57 Å². The van der Waals surface area contributed by atoms with Crippen LogP contribution in [0.15, 0.2) is 0 Å². The summed E-state index contributed by atoms with van der Waals surface area (Å²) in [6, 6.07) is 0. The van der Waals surface area contributed by atoms with Gasteiger partial charge in [0.05, 0.1) is 13.2 Å². The highest BCUT2D eigenvalue weighted by Gasteiger charge is 2.19. The highest BCUT2D eigenvalue weighted by atomic mass is 35.5. The van der Waals surface area contributed by atoms with Gasteiger partial charge in [0.25, 0.3) is 0 Å². The monoisotopic (exact) mass is 250 g/mol. The van der Waals surface area contributed by atoms with Gasteiger partial charge in [0.15, 0.2) is 0 Å². The summed E-state index contributed by atoms with van der Waals surface area (Å²) in [5, 5.41) is 0. The van der Waals surface area contributed by atoms with Crippen molar-refractivity contribution in [2.45, 2.75) is 12.8 Å². The second-order valence-corrected chi connectivity index (χ2v) is 4.43. The molecule has 0 aromatic carbocycles. The van der Waals surface area contributed by atoms with Crippen LogP contribution in [0.5, 0.6) is 0 Å². The molecule has 0 aromatic heterocycles. The molecule has 0 spiro atoms. The average Bonchev–Trinajstić information content (AvgIpc) is 2.05. The van der Waals surface area contributed by atoms with Crippen molar-refractivity contribution in [3.63, 3.8) is 0 Å². The van der Waals surface area contributed by atoms with E-state index in [2.05, 4.69) is 9.05 Å². The van der Waals surface area contributed by atoms with Crippen molar-refractivity contribution in [1.82, 2.24) is 0 Å². The predicted molar refractivity (Wildman–Crippen MR) is 52.4 cm³/mol. The second-order valence-electron chi connectivity index (χ2n) is 2.22. The number of alkyl halides is 2. The van der Waals surface area contributed by atoms with Gasteiger partial charge < -0.3 is 4.89 Å². The van der Waals surface area contributed by atoms with Crippen LogP contribution in [-0.2, 0) is 13.6 Å². The first-order valence-electron chi connectivity index (χ1n) is 3.86. The molecule has 0 aliphatic rings. The summed E-state index contributed by atoms with van der Waals surface area (Å²) in [6.45, 7) is 0.246. The minimum absolute atomic E-state index is 0.123. The lowest BCUT2D eigenvalue weighted by molar-refractivity contribution is 0.150. The average molecular weight is 251 g/mol. The highest BCUT2D eigenvalue weighted by molar-refractivity contribution is 7.47. The molecule has 0 saturated heterocycles.